The van der Waals surface area contributed by atoms with Crippen molar-refractivity contribution in [2.75, 3.05) is 25.6 Å². The van der Waals surface area contributed by atoms with E-state index in [4.69, 9.17) is 4.74 Å². The lowest BCUT2D eigenvalue weighted by molar-refractivity contribution is 0.249. The molecular formula is C16H18N4O2. The number of anilines is 1. The molecule has 1 aromatic heterocycles. The molecule has 6 nitrogen and oxygen atoms in total. The zero-order chi connectivity index (χ0) is 15.3. The molecule has 2 heterocycles. The van der Waals surface area contributed by atoms with Gasteiger partial charge in [0, 0.05) is 55.0 Å². The summed E-state index contributed by atoms with van der Waals surface area (Å²) in [6, 6.07) is 5.82. The first-order chi connectivity index (χ1) is 10.7. The largest absolute Gasteiger partial charge is 0.493 e. The lowest BCUT2D eigenvalue weighted by Gasteiger charge is -2.21. The standard InChI is InChI=1S/C16H18N4O2/c1-17-16(21)20(2)9-3-4-13-10(5-9)14-11(7-22-13)15(14)12-6-18-8-19-12/h3-6,8,11,14-15H,7H2,1-2H3,(H,17,21)(H,18,19)/t11-,14+,15-/m0/s1. The molecule has 0 unspecified atom stereocenters. The molecule has 22 heavy (non-hydrogen) atoms. The maximum absolute atomic E-state index is 11.8. The molecule has 0 spiro atoms. The van der Waals surface area contributed by atoms with Gasteiger partial charge in [0.2, 0.25) is 0 Å². The molecule has 3 atom stereocenters. The number of hydrogen-bond acceptors (Lipinski definition) is 3. The van der Waals surface area contributed by atoms with Crippen LogP contribution in [0.3, 0.4) is 0 Å². The summed E-state index contributed by atoms with van der Waals surface area (Å²) in [6.45, 7) is 0.742. The van der Waals surface area contributed by atoms with Crippen LogP contribution in [0.4, 0.5) is 10.5 Å². The Bertz CT molecular complexity index is 713. The number of aromatic amines is 1. The zero-order valence-electron chi connectivity index (χ0n) is 12.5. The van der Waals surface area contributed by atoms with Gasteiger partial charge in [0.1, 0.15) is 5.75 Å². The number of H-pyrrole nitrogens is 1. The van der Waals surface area contributed by atoms with Crippen LogP contribution in [-0.2, 0) is 0 Å². The number of rotatable bonds is 2. The van der Waals surface area contributed by atoms with Crippen molar-refractivity contribution in [3.63, 3.8) is 0 Å². The molecule has 2 amide bonds. The number of aromatic nitrogens is 2. The summed E-state index contributed by atoms with van der Waals surface area (Å²) in [6.07, 6.45) is 3.61. The van der Waals surface area contributed by atoms with E-state index in [0.29, 0.717) is 17.8 Å². The summed E-state index contributed by atoms with van der Waals surface area (Å²) in [5.41, 5.74) is 3.22. The number of urea groups is 1. The number of ether oxygens (including phenoxy) is 1. The molecule has 4 rings (SSSR count). The van der Waals surface area contributed by atoms with Crippen LogP contribution in [0.1, 0.15) is 23.1 Å². The first kappa shape index (κ1) is 13.2. The van der Waals surface area contributed by atoms with E-state index in [1.807, 2.05) is 18.3 Å². The minimum absolute atomic E-state index is 0.130. The van der Waals surface area contributed by atoms with Crippen LogP contribution in [0.2, 0.25) is 0 Å². The Morgan fingerprint density at radius 2 is 2.32 bits per heavy atom. The van der Waals surface area contributed by atoms with Gasteiger partial charge in [0.25, 0.3) is 0 Å². The quantitative estimate of drug-likeness (QED) is 0.891. The van der Waals surface area contributed by atoms with Crippen molar-refractivity contribution in [1.29, 1.82) is 0 Å². The molecule has 2 aromatic rings. The average Bonchev–Trinajstić information content (AvgIpc) is 3.05. The number of nitrogens with zero attached hydrogens (tertiary/aromatic N) is 2. The van der Waals surface area contributed by atoms with E-state index >= 15 is 0 Å². The van der Waals surface area contributed by atoms with Gasteiger partial charge >= 0.3 is 6.03 Å². The molecule has 0 saturated heterocycles. The highest BCUT2D eigenvalue weighted by Crippen LogP contribution is 2.64. The van der Waals surface area contributed by atoms with Crippen molar-refractivity contribution in [3.8, 4) is 5.75 Å². The van der Waals surface area contributed by atoms with E-state index in [-0.39, 0.29) is 6.03 Å². The van der Waals surface area contributed by atoms with Crippen LogP contribution in [0, 0.1) is 5.92 Å². The van der Waals surface area contributed by atoms with E-state index in [9.17, 15) is 4.79 Å². The van der Waals surface area contributed by atoms with Crippen LogP contribution in [0.15, 0.2) is 30.7 Å². The summed E-state index contributed by atoms with van der Waals surface area (Å²) in [7, 11) is 3.40. The summed E-state index contributed by atoms with van der Waals surface area (Å²) in [5.74, 6) is 2.30. The Morgan fingerprint density at radius 3 is 3.05 bits per heavy atom. The van der Waals surface area contributed by atoms with Gasteiger partial charge in [-0.3, -0.25) is 4.90 Å². The third-order valence-corrected chi connectivity index (χ3v) is 4.74. The third kappa shape index (κ3) is 1.87. The molecule has 1 aliphatic heterocycles. The molecular weight excluding hydrogens is 280 g/mol. The molecule has 0 radical (unpaired) electrons. The fourth-order valence-electron chi connectivity index (χ4n) is 3.49. The van der Waals surface area contributed by atoms with Crippen molar-refractivity contribution in [3.05, 3.63) is 42.0 Å². The van der Waals surface area contributed by atoms with Gasteiger partial charge in [0.15, 0.2) is 0 Å². The monoisotopic (exact) mass is 298 g/mol. The van der Waals surface area contributed by atoms with Crippen LogP contribution in [0.25, 0.3) is 0 Å². The number of carbonyl (C=O) groups excluding carboxylic acids is 1. The highest BCUT2D eigenvalue weighted by molar-refractivity contribution is 5.91. The maximum Gasteiger partial charge on any atom is 0.321 e. The van der Waals surface area contributed by atoms with Gasteiger partial charge in [-0.2, -0.15) is 0 Å². The van der Waals surface area contributed by atoms with E-state index in [2.05, 4.69) is 21.4 Å². The summed E-state index contributed by atoms with van der Waals surface area (Å²) < 4.78 is 5.87. The first-order valence-corrected chi connectivity index (χ1v) is 7.41. The number of amides is 2. The number of imidazole rings is 1. The number of carbonyl (C=O) groups is 1. The highest BCUT2D eigenvalue weighted by atomic mass is 16.5. The maximum atomic E-state index is 11.8. The van der Waals surface area contributed by atoms with Crippen LogP contribution in [-0.4, -0.2) is 36.7 Å². The molecule has 6 heteroatoms. The number of fused-ring (bicyclic) bond motifs is 3. The van der Waals surface area contributed by atoms with Crippen LogP contribution in [0.5, 0.6) is 5.75 Å². The molecule has 1 aliphatic carbocycles. The second-order valence-corrected chi connectivity index (χ2v) is 5.87. The Morgan fingerprint density at radius 1 is 1.45 bits per heavy atom. The summed E-state index contributed by atoms with van der Waals surface area (Å²) in [4.78, 5) is 20.7. The minimum atomic E-state index is -0.130. The number of nitrogens with one attached hydrogen (secondary N) is 2. The average molecular weight is 298 g/mol. The molecule has 1 fully saturated rings. The van der Waals surface area contributed by atoms with E-state index in [0.717, 1.165) is 23.7 Å². The second kappa shape index (κ2) is 4.76. The van der Waals surface area contributed by atoms with Crippen LogP contribution < -0.4 is 15.0 Å². The topological polar surface area (TPSA) is 70.2 Å². The third-order valence-electron chi connectivity index (χ3n) is 4.74. The highest BCUT2D eigenvalue weighted by Gasteiger charge is 2.56. The SMILES string of the molecule is CNC(=O)N(C)c1ccc2c(c1)[C@@H]1[C@H](CO2)[C@H]1c1cnc[nH]1. The van der Waals surface area contributed by atoms with Gasteiger partial charge in [-0.05, 0) is 18.2 Å². The van der Waals surface area contributed by atoms with Crippen LogP contribution >= 0.6 is 0 Å². The lowest BCUT2D eigenvalue weighted by atomic mass is 10.0. The van der Waals surface area contributed by atoms with E-state index in [1.165, 1.54) is 5.56 Å². The number of hydrogen-bond donors (Lipinski definition) is 2. The van der Waals surface area contributed by atoms with Crippen molar-refractivity contribution in [2.24, 2.45) is 5.92 Å². The molecule has 0 bridgehead atoms. The Balaban J connectivity index is 1.67. The molecule has 1 saturated carbocycles. The normalized spacial score (nSPS) is 24.7. The molecule has 1 aromatic carbocycles. The van der Waals surface area contributed by atoms with Gasteiger partial charge in [-0.1, -0.05) is 0 Å². The Hall–Kier alpha value is -2.50. The molecule has 2 N–H and O–H groups in total. The fraction of sp³-hybridized carbons (Fsp3) is 0.375. The minimum Gasteiger partial charge on any atom is -0.493 e. The smallest absolute Gasteiger partial charge is 0.321 e. The van der Waals surface area contributed by atoms with Crippen molar-refractivity contribution in [1.82, 2.24) is 15.3 Å². The van der Waals surface area contributed by atoms with Gasteiger partial charge in [-0.15, -0.1) is 0 Å². The molecule has 114 valence electrons. The molecule has 2 aliphatic rings. The lowest BCUT2D eigenvalue weighted by Crippen LogP contribution is -2.34. The van der Waals surface area contributed by atoms with Gasteiger partial charge in [0.05, 0.1) is 12.9 Å². The second-order valence-electron chi connectivity index (χ2n) is 5.87. The Kier molecular flexibility index (Phi) is 2.85. The van der Waals surface area contributed by atoms with Gasteiger partial charge in [-0.25, -0.2) is 9.78 Å². The summed E-state index contributed by atoms with van der Waals surface area (Å²) in [5, 5.41) is 2.64. The Labute approximate surface area is 128 Å². The van der Waals surface area contributed by atoms with Crippen molar-refractivity contribution >= 4 is 11.7 Å². The van der Waals surface area contributed by atoms with Crippen molar-refractivity contribution in [2.45, 2.75) is 11.8 Å². The number of benzene rings is 1. The van der Waals surface area contributed by atoms with E-state index in [1.54, 1.807) is 25.3 Å². The predicted octanol–water partition coefficient (Wildman–Crippen LogP) is 2.07. The van der Waals surface area contributed by atoms with E-state index < -0.39 is 0 Å². The fourth-order valence-corrected chi connectivity index (χ4v) is 3.49. The first-order valence-electron chi connectivity index (χ1n) is 7.41. The van der Waals surface area contributed by atoms with Crippen molar-refractivity contribution < 1.29 is 9.53 Å². The predicted molar refractivity (Wildman–Crippen MR) is 82.4 cm³/mol. The van der Waals surface area contributed by atoms with Gasteiger partial charge < -0.3 is 15.0 Å². The summed E-state index contributed by atoms with van der Waals surface area (Å²) >= 11 is 0. The zero-order valence-corrected chi connectivity index (χ0v) is 12.5.